The van der Waals surface area contributed by atoms with Crippen molar-refractivity contribution < 1.29 is 9.59 Å². The number of carbonyl (C=O) groups excluding carboxylic acids is 2. The van der Waals surface area contributed by atoms with Crippen molar-refractivity contribution in [3.05, 3.63) is 34.3 Å². The zero-order valence-electron chi connectivity index (χ0n) is 8.00. The van der Waals surface area contributed by atoms with Gasteiger partial charge in [0.1, 0.15) is 0 Å². The standard InChI is InChI=1S/C11H10BrClO2/c12-9-4-2-1-3-8(9)7-11(15)10(14)5-6-13/h1-4H,5-7H2. The van der Waals surface area contributed by atoms with E-state index in [2.05, 4.69) is 15.9 Å². The molecule has 0 unspecified atom stereocenters. The summed E-state index contributed by atoms with van der Waals surface area (Å²) < 4.78 is 0.844. The Morgan fingerprint density at radius 2 is 1.87 bits per heavy atom. The predicted octanol–water partition coefficient (Wildman–Crippen LogP) is 2.76. The Kier molecular flexibility index (Phi) is 4.99. The Bertz CT molecular complexity index is 377. The predicted molar refractivity (Wildman–Crippen MR) is 63.2 cm³/mol. The molecule has 0 aromatic heterocycles. The molecule has 4 heteroatoms. The summed E-state index contributed by atoms with van der Waals surface area (Å²) in [6, 6.07) is 7.35. The van der Waals surface area contributed by atoms with Gasteiger partial charge in [-0.05, 0) is 11.6 Å². The molecule has 1 aromatic rings. The Labute approximate surface area is 102 Å². The van der Waals surface area contributed by atoms with Crippen LogP contribution >= 0.6 is 27.5 Å². The third-order valence-electron chi connectivity index (χ3n) is 1.94. The quantitative estimate of drug-likeness (QED) is 0.617. The lowest BCUT2D eigenvalue weighted by Gasteiger charge is -2.02. The lowest BCUT2D eigenvalue weighted by Crippen LogP contribution is -2.16. The summed E-state index contributed by atoms with van der Waals surface area (Å²) in [6.07, 6.45) is 0.252. The van der Waals surface area contributed by atoms with Gasteiger partial charge in [0, 0.05) is 23.2 Å². The monoisotopic (exact) mass is 288 g/mol. The van der Waals surface area contributed by atoms with E-state index in [0.29, 0.717) is 0 Å². The molecular weight excluding hydrogens is 279 g/mol. The molecule has 0 atom stereocenters. The van der Waals surface area contributed by atoms with E-state index in [1.807, 2.05) is 24.3 Å². The maximum absolute atomic E-state index is 11.4. The second kappa shape index (κ2) is 6.03. The molecule has 0 amide bonds. The Balaban J connectivity index is 2.67. The van der Waals surface area contributed by atoms with Crippen LogP contribution in [0.5, 0.6) is 0 Å². The first-order valence-electron chi connectivity index (χ1n) is 4.50. The summed E-state index contributed by atoms with van der Waals surface area (Å²) in [5.74, 6) is -0.594. The van der Waals surface area contributed by atoms with Crippen molar-refractivity contribution in [1.82, 2.24) is 0 Å². The van der Waals surface area contributed by atoms with E-state index in [1.54, 1.807) is 0 Å². The van der Waals surface area contributed by atoms with Gasteiger partial charge < -0.3 is 0 Å². The van der Waals surface area contributed by atoms with E-state index in [0.717, 1.165) is 10.0 Å². The molecule has 1 aromatic carbocycles. The molecule has 0 N–H and O–H groups in total. The summed E-state index contributed by atoms with van der Waals surface area (Å²) in [5.41, 5.74) is 0.824. The first kappa shape index (κ1) is 12.4. The van der Waals surface area contributed by atoms with Crippen molar-refractivity contribution in [2.75, 3.05) is 5.88 Å². The first-order chi connectivity index (χ1) is 7.15. The fourth-order valence-electron chi connectivity index (χ4n) is 1.14. The second-order valence-electron chi connectivity index (χ2n) is 3.05. The van der Waals surface area contributed by atoms with E-state index < -0.39 is 5.78 Å². The average molecular weight is 290 g/mol. The zero-order valence-corrected chi connectivity index (χ0v) is 10.3. The third-order valence-corrected chi connectivity index (χ3v) is 2.90. The zero-order chi connectivity index (χ0) is 11.3. The molecule has 0 bridgehead atoms. The molecule has 0 saturated heterocycles. The second-order valence-corrected chi connectivity index (χ2v) is 4.29. The van der Waals surface area contributed by atoms with Gasteiger partial charge in [0.15, 0.2) is 5.78 Å². The van der Waals surface area contributed by atoms with Gasteiger partial charge in [0.05, 0.1) is 0 Å². The molecule has 0 aliphatic carbocycles. The highest BCUT2D eigenvalue weighted by Gasteiger charge is 2.14. The number of Topliss-reactive ketones (excluding diaryl/α,β-unsaturated/α-hetero) is 2. The van der Waals surface area contributed by atoms with Gasteiger partial charge in [-0.2, -0.15) is 0 Å². The number of benzene rings is 1. The number of hydrogen-bond donors (Lipinski definition) is 0. The van der Waals surface area contributed by atoms with E-state index >= 15 is 0 Å². The summed E-state index contributed by atoms with van der Waals surface area (Å²) in [5, 5.41) is 0. The van der Waals surface area contributed by atoms with Gasteiger partial charge in [-0.15, -0.1) is 11.6 Å². The molecule has 0 aliphatic heterocycles. The molecule has 15 heavy (non-hydrogen) atoms. The SMILES string of the molecule is O=C(CCCl)C(=O)Cc1ccccc1Br. The minimum absolute atomic E-state index is 0.116. The van der Waals surface area contributed by atoms with Crippen molar-refractivity contribution >= 4 is 39.1 Å². The van der Waals surface area contributed by atoms with E-state index in [4.69, 9.17) is 11.6 Å². The Morgan fingerprint density at radius 1 is 1.20 bits per heavy atom. The topological polar surface area (TPSA) is 34.1 Å². The van der Waals surface area contributed by atoms with E-state index in [1.165, 1.54) is 0 Å². The largest absolute Gasteiger partial charge is 0.291 e. The van der Waals surface area contributed by atoms with Crippen LogP contribution in [0.4, 0.5) is 0 Å². The van der Waals surface area contributed by atoms with Crippen LogP contribution in [0, 0.1) is 0 Å². The van der Waals surface area contributed by atoms with Crippen LogP contribution in [0.25, 0.3) is 0 Å². The lowest BCUT2D eigenvalue weighted by atomic mass is 10.1. The van der Waals surface area contributed by atoms with Crippen molar-refractivity contribution in [3.8, 4) is 0 Å². The number of rotatable bonds is 5. The van der Waals surface area contributed by atoms with Gasteiger partial charge >= 0.3 is 0 Å². The Hall–Kier alpha value is -0.670. The normalized spacial score (nSPS) is 10.0. The Morgan fingerprint density at radius 3 is 2.47 bits per heavy atom. The molecule has 0 radical (unpaired) electrons. The third kappa shape index (κ3) is 3.76. The number of halogens is 2. The van der Waals surface area contributed by atoms with Crippen LogP contribution in [0.3, 0.4) is 0 Å². The highest BCUT2D eigenvalue weighted by Crippen LogP contribution is 2.16. The minimum atomic E-state index is -0.402. The maximum atomic E-state index is 11.4. The van der Waals surface area contributed by atoms with Crippen molar-refractivity contribution in [2.45, 2.75) is 12.8 Å². The fourth-order valence-corrected chi connectivity index (χ4v) is 1.74. The number of alkyl halides is 1. The molecule has 2 nitrogen and oxygen atoms in total. The lowest BCUT2D eigenvalue weighted by molar-refractivity contribution is -0.136. The smallest absolute Gasteiger partial charge is 0.202 e. The van der Waals surface area contributed by atoms with Crippen LogP contribution in [0.1, 0.15) is 12.0 Å². The molecule has 0 saturated carbocycles. The number of ketones is 2. The molecule has 0 fully saturated rings. The van der Waals surface area contributed by atoms with Crippen LogP contribution in [0.15, 0.2) is 28.7 Å². The number of carbonyl (C=O) groups is 2. The van der Waals surface area contributed by atoms with Crippen molar-refractivity contribution in [3.63, 3.8) is 0 Å². The van der Waals surface area contributed by atoms with Crippen LogP contribution < -0.4 is 0 Å². The van der Waals surface area contributed by atoms with Gasteiger partial charge in [0.2, 0.25) is 5.78 Å². The summed E-state index contributed by atoms with van der Waals surface area (Å²) in [6.45, 7) is 0. The summed E-state index contributed by atoms with van der Waals surface area (Å²) >= 11 is 8.72. The maximum Gasteiger partial charge on any atom is 0.202 e. The average Bonchev–Trinajstić information content (AvgIpc) is 2.21. The minimum Gasteiger partial charge on any atom is -0.291 e. The van der Waals surface area contributed by atoms with E-state index in [-0.39, 0.29) is 24.5 Å². The molecular formula is C11H10BrClO2. The molecule has 80 valence electrons. The summed E-state index contributed by atoms with van der Waals surface area (Å²) in [7, 11) is 0. The van der Waals surface area contributed by atoms with Crippen molar-refractivity contribution in [2.24, 2.45) is 0 Å². The summed E-state index contributed by atoms with van der Waals surface area (Å²) in [4.78, 5) is 22.6. The van der Waals surface area contributed by atoms with Gasteiger partial charge in [-0.25, -0.2) is 0 Å². The van der Waals surface area contributed by atoms with Gasteiger partial charge in [-0.1, -0.05) is 34.1 Å². The van der Waals surface area contributed by atoms with Crippen LogP contribution in [-0.2, 0) is 16.0 Å². The highest BCUT2D eigenvalue weighted by atomic mass is 79.9. The molecule has 0 spiro atoms. The molecule has 1 rings (SSSR count). The fraction of sp³-hybridized carbons (Fsp3) is 0.273. The van der Waals surface area contributed by atoms with Gasteiger partial charge in [0.25, 0.3) is 0 Å². The van der Waals surface area contributed by atoms with E-state index in [9.17, 15) is 9.59 Å². The van der Waals surface area contributed by atoms with Crippen LogP contribution in [-0.4, -0.2) is 17.4 Å². The molecule has 0 aliphatic rings. The first-order valence-corrected chi connectivity index (χ1v) is 5.83. The number of hydrogen-bond acceptors (Lipinski definition) is 2. The van der Waals surface area contributed by atoms with Gasteiger partial charge in [-0.3, -0.25) is 9.59 Å². The van der Waals surface area contributed by atoms with Crippen LogP contribution in [0.2, 0.25) is 0 Å². The van der Waals surface area contributed by atoms with Crippen molar-refractivity contribution in [1.29, 1.82) is 0 Å². The molecule has 0 heterocycles. The highest BCUT2D eigenvalue weighted by molar-refractivity contribution is 9.10.